The number of likely N-dealkylation sites (tertiary alicyclic amines) is 1. The monoisotopic (exact) mass is 557 g/mol. The number of fused-ring (bicyclic) bond motifs is 3. The minimum absolute atomic E-state index is 0.00182. The Bertz CT molecular complexity index is 1390. The third-order valence-corrected chi connectivity index (χ3v) is 9.56. The van der Waals surface area contributed by atoms with Crippen molar-refractivity contribution in [3.05, 3.63) is 76.6 Å². The molecule has 3 fully saturated rings. The maximum atomic E-state index is 14.1. The molecule has 1 saturated carbocycles. The van der Waals surface area contributed by atoms with E-state index in [2.05, 4.69) is 0 Å². The number of nitrogens with zero attached hydrogens (tertiary/aromatic N) is 1. The molecular weight excluding hydrogens is 520 g/mol. The number of halogens is 1. The number of hydrogen-bond donors (Lipinski definition) is 2. The fourth-order valence-electron chi connectivity index (χ4n) is 7.70. The van der Waals surface area contributed by atoms with Crippen LogP contribution in [0.5, 0.6) is 5.75 Å². The second-order valence-corrected chi connectivity index (χ2v) is 12.1. The Morgan fingerprint density at radius 3 is 2.56 bits per heavy atom. The molecule has 2 heterocycles. The maximum Gasteiger partial charge on any atom is 0.455 e. The molecule has 4 aliphatic rings. The fraction of sp³-hybridized carbons (Fsp3) is 0.455. The van der Waals surface area contributed by atoms with Crippen molar-refractivity contribution in [2.45, 2.75) is 76.8 Å². The molecule has 0 unspecified atom stereocenters. The van der Waals surface area contributed by atoms with Crippen LogP contribution in [0, 0.1) is 23.6 Å². The van der Waals surface area contributed by atoms with Crippen LogP contribution >= 0.6 is 0 Å². The van der Waals surface area contributed by atoms with Crippen LogP contribution in [0.15, 0.2) is 59.7 Å². The first-order chi connectivity index (χ1) is 19.8. The molecule has 6 nitrogen and oxygen atoms in total. The lowest BCUT2D eigenvalue weighted by molar-refractivity contribution is -0.143. The van der Waals surface area contributed by atoms with Gasteiger partial charge in [0.1, 0.15) is 0 Å². The summed E-state index contributed by atoms with van der Waals surface area (Å²) in [5.41, 5.74) is 4.74. The van der Waals surface area contributed by atoms with Crippen LogP contribution in [0.4, 0.5) is 4.39 Å². The highest BCUT2D eigenvalue weighted by Crippen LogP contribution is 2.51. The number of amides is 2. The van der Waals surface area contributed by atoms with E-state index in [0.717, 1.165) is 54.4 Å². The largest absolute Gasteiger partial charge is 0.505 e. The number of phenols is 1. The van der Waals surface area contributed by atoms with Crippen molar-refractivity contribution >= 4 is 30.6 Å². The second kappa shape index (κ2) is 11.6. The van der Waals surface area contributed by atoms with E-state index in [9.17, 15) is 24.1 Å². The molecule has 2 amide bonds. The van der Waals surface area contributed by atoms with Gasteiger partial charge in [-0.3, -0.25) is 14.5 Å². The fourth-order valence-corrected chi connectivity index (χ4v) is 7.70. The zero-order chi connectivity index (χ0) is 28.7. The van der Waals surface area contributed by atoms with Gasteiger partial charge in [-0.1, -0.05) is 67.3 Å². The van der Waals surface area contributed by atoms with Crippen molar-refractivity contribution in [1.82, 2.24) is 4.90 Å². The molecule has 2 aliphatic carbocycles. The molecule has 0 radical (unpaired) electrons. The Labute approximate surface area is 241 Å². The lowest BCUT2D eigenvalue weighted by atomic mass is 9.58. The Morgan fingerprint density at radius 1 is 1.07 bits per heavy atom. The Hall–Kier alpha value is -3.23. The van der Waals surface area contributed by atoms with Gasteiger partial charge in [-0.2, -0.15) is 0 Å². The van der Waals surface area contributed by atoms with Crippen LogP contribution < -0.4 is 0 Å². The smallest absolute Gasteiger partial charge is 0.455 e. The van der Waals surface area contributed by atoms with Crippen molar-refractivity contribution in [3.8, 4) is 5.75 Å². The summed E-state index contributed by atoms with van der Waals surface area (Å²) in [4.78, 5) is 29.0. The zero-order valence-electron chi connectivity index (χ0n) is 23.5. The van der Waals surface area contributed by atoms with Crippen LogP contribution in [-0.2, 0) is 14.2 Å². The van der Waals surface area contributed by atoms with Gasteiger partial charge in [0, 0.05) is 6.04 Å². The number of benzene rings is 2. The predicted molar refractivity (Wildman–Crippen MR) is 156 cm³/mol. The summed E-state index contributed by atoms with van der Waals surface area (Å²) in [6.45, 7) is 2.04. The summed E-state index contributed by atoms with van der Waals surface area (Å²) >= 11 is 0. The van der Waals surface area contributed by atoms with Crippen LogP contribution in [-0.4, -0.2) is 46.1 Å². The first-order valence-corrected chi connectivity index (χ1v) is 15.0. The molecule has 6 rings (SSSR count). The van der Waals surface area contributed by atoms with E-state index in [1.807, 2.05) is 43.3 Å². The number of hydrogen-bond acceptors (Lipinski definition) is 5. The molecular formula is C33H37BFNO5. The number of allylic oxidation sites excluding steroid dienone is 2. The number of carbonyl (C=O) groups is 2. The molecule has 2 aliphatic heterocycles. The first-order valence-electron chi connectivity index (χ1n) is 15.0. The summed E-state index contributed by atoms with van der Waals surface area (Å²) in [6.07, 6.45) is 8.55. The van der Waals surface area contributed by atoms with Gasteiger partial charge in [-0.15, -0.1) is 0 Å². The van der Waals surface area contributed by atoms with Gasteiger partial charge in [-0.25, -0.2) is 4.39 Å². The van der Waals surface area contributed by atoms with Crippen molar-refractivity contribution in [1.29, 1.82) is 0 Å². The summed E-state index contributed by atoms with van der Waals surface area (Å²) in [5.74, 6) is -2.17. The van der Waals surface area contributed by atoms with Crippen LogP contribution in [0.2, 0.25) is 6.32 Å². The molecule has 0 bridgehead atoms. The Balaban J connectivity index is 1.27. The third kappa shape index (κ3) is 5.40. The van der Waals surface area contributed by atoms with Gasteiger partial charge in [0.25, 0.3) is 0 Å². The normalized spacial score (nSPS) is 27.3. The molecule has 2 aromatic carbocycles. The third-order valence-electron chi connectivity index (χ3n) is 9.56. The van der Waals surface area contributed by atoms with Crippen molar-refractivity contribution < 1.29 is 28.8 Å². The summed E-state index contributed by atoms with van der Waals surface area (Å²) in [6, 6.07) is 14.2. The van der Waals surface area contributed by atoms with Gasteiger partial charge >= 0.3 is 7.12 Å². The van der Waals surface area contributed by atoms with E-state index >= 15 is 0 Å². The number of carbonyl (C=O) groups excluding carboxylic acids is 2. The van der Waals surface area contributed by atoms with Gasteiger partial charge < -0.3 is 14.8 Å². The second-order valence-electron chi connectivity index (χ2n) is 12.1. The number of rotatable bonds is 6. The molecule has 2 aromatic rings. The SMILES string of the molecule is CC1=C2[C@@H](CC/C(=C/c3ccc(O)c(F)c3)c3ccccc3)OB(O)C[C@@H]2[C@@H]2C(=O)N(C3CCCCC3)C(=O)[C@@H]2C1. The van der Waals surface area contributed by atoms with Crippen LogP contribution in [0.3, 0.4) is 0 Å². The van der Waals surface area contributed by atoms with Crippen molar-refractivity contribution in [3.63, 3.8) is 0 Å². The number of aromatic hydroxyl groups is 1. The summed E-state index contributed by atoms with van der Waals surface area (Å²) < 4.78 is 20.2. The first kappa shape index (κ1) is 27.9. The van der Waals surface area contributed by atoms with E-state index in [1.165, 1.54) is 12.1 Å². The highest BCUT2D eigenvalue weighted by Gasteiger charge is 2.57. The molecule has 0 spiro atoms. The Morgan fingerprint density at radius 2 is 1.83 bits per heavy atom. The lowest BCUT2D eigenvalue weighted by Gasteiger charge is -2.42. The van der Waals surface area contributed by atoms with Gasteiger partial charge in [-0.05, 0) is 85.7 Å². The highest BCUT2D eigenvalue weighted by molar-refractivity contribution is 6.43. The van der Waals surface area contributed by atoms with Crippen LogP contribution in [0.1, 0.15) is 69.4 Å². The Kier molecular flexibility index (Phi) is 7.88. The number of imide groups is 1. The average molecular weight is 557 g/mol. The molecule has 2 saturated heterocycles. The van der Waals surface area contributed by atoms with Crippen molar-refractivity contribution in [2.24, 2.45) is 17.8 Å². The predicted octanol–water partition coefficient (Wildman–Crippen LogP) is 6.00. The minimum Gasteiger partial charge on any atom is -0.505 e. The van der Waals surface area contributed by atoms with Crippen molar-refractivity contribution in [2.75, 3.05) is 0 Å². The number of phenolic OH excluding ortho intramolecular Hbond substituents is 1. The maximum absolute atomic E-state index is 14.1. The standard InChI is InChI=1S/C33H37BFNO5/c1-20-16-25-31(33(39)36(32(25)38)24-10-6-3-7-11-24)26-19-34(40)41-29(30(20)26)15-13-23(22-8-4-2-5-9-22)17-21-12-14-28(37)27(35)18-21/h2,4-5,8-9,12,14,17-18,24-26,29,31,37,40H,3,6-7,10-11,13,15-16,19H2,1H3/b23-17-/t25-,26+,29-,31-/m1/s1. The van der Waals surface area contributed by atoms with Crippen LogP contribution in [0.25, 0.3) is 11.6 Å². The summed E-state index contributed by atoms with van der Waals surface area (Å²) in [5, 5.41) is 20.5. The minimum atomic E-state index is -1.01. The lowest BCUT2D eigenvalue weighted by Crippen LogP contribution is -2.46. The van der Waals surface area contributed by atoms with Gasteiger partial charge in [0.05, 0.1) is 17.9 Å². The molecule has 2 N–H and O–H groups in total. The van der Waals surface area contributed by atoms with E-state index in [0.29, 0.717) is 31.1 Å². The van der Waals surface area contributed by atoms with Gasteiger partial charge in [0.15, 0.2) is 11.6 Å². The van der Waals surface area contributed by atoms with E-state index < -0.39 is 18.9 Å². The average Bonchev–Trinajstić information content (AvgIpc) is 3.22. The molecule has 4 atom stereocenters. The van der Waals surface area contributed by atoms with Gasteiger partial charge in [0.2, 0.25) is 11.8 Å². The molecule has 0 aromatic heterocycles. The molecule has 8 heteroatoms. The summed E-state index contributed by atoms with van der Waals surface area (Å²) in [7, 11) is -1.01. The molecule has 41 heavy (non-hydrogen) atoms. The quantitative estimate of drug-likeness (QED) is 0.197. The zero-order valence-corrected chi connectivity index (χ0v) is 23.5. The highest BCUT2D eigenvalue weighted by atomic mass is 19.1. The molecule has 214 valence electrons. The van der Waals surface area contributed by atoms with E-state index in [4.69, 9.17) is 4.65 Å². The van der Waals surface area contributed by atoms with E-state index in [1.54, 1.807) is 11.0 Å². The van der Waals surface area contributed by atoms with E-state index in [-0.39, 0.29) is 41.5 Å². The topological polar surface area (TPSA) is 87.1 Å².